The molecule has 2 atom stereocenters. The van der Waals surface area contributed by atoms with E-state index in [2.05, 4.69) is 10.6 Å². The fourth-order valence-electron chi connectivity index (χ4n) is 2.18. The van der Waals surface area contributed by atoms with Crippen LogP contribution < -0.4 is 10.6 Å². The molecule has 0 radical (unpaired) electrons. The van der Waals surface area contributed by atoms with Crippen molar-refractivity contribution in [3.8, 4) is 0 Å². The number of aliphatic hydroxyl groups is 1. The second kappa shape index (κ2) is 6.43. The predicted molar refractivity (Wildman–Crippen MR) is 80.5 cm³/mol. The number of aliphatic hydroxyl groups excluding tert-OH is 1. The quantitative estimate of drug-likeness (QED) is 0.767. The molecule has 2 unspecified atom stereocenters. The number of β-amino-alcohol motifs (C(OH)–C–C–N with tert-alkyl or cyclic N) is 1. The van der Waals surface area contributed by atoms with E-state index in [1.807, 2.05) is 0 Å². The van der Waals surface area contributed by atoms with Crippen molar-refractivity contribution in [1.29, 1.82) is 0 Å². The Hall–Kier alpha value is -1.63. The number of amides is 2. The molecule has 0 aliphatic carbocycles. The van der Waals surface area contributed by atoms with E-state index in [-0.39, 0.29) is 11.8 Å². The van der Waals surface area contributed by atoms with Crippen LogP contribution in [0, 0.1) is 0 Å². The number of nitrogens with one attached hydrogen (secondary N) is 2. The Morgan fingerprint density at radius 1 is 1.43 bits per heavy atom. The van der Waals surface area contributed by atoms with Crippen LogP contribution in [-0.4, -0.2) is 54.6 Å². The normalized spacial score (nSPS) is 21.1. The monoisotopic (exact) mass is 311 g/mol. The maximum absolute atomic E-state index is 12.2. The number of carbonyl (C=O) groups excluding carboxylic acids is 2. The average Bonchev–Trinajstić information content (AvgIpc) is 2.85. The second-order valence-corrected chi connectivity index (χ2v) is 5.67. The molecule has 1 aromatic carbocycles. The Bertz CT molecular complexity index is 562. The molecule has 1 aliphatic heterocycles. The zero-order chi connectivity index (χ0) is 15.6. The molecule has 1 aromatic rings. The van der Waals surface area contributed by atoms with E-state index in [1.54, 1.807) is 32.3 Å². The van der Waals surface area contributed by atoms with Crippen molar-refractivity contribution in [1.82, 2.24) is 10.2 Å². The van der Waals surface area contributed by atoms with Gasteiger partial charge in [0.25, 0.3) is 5.91 Å². The molecule has 1 saturated heterocycles. The molecule has 3 N–H and O–H groups in total. The van der Waals surface area contributed by atoms with Crippen molar-refractivity contribution in [2.24, 2.45) is 0 Å². The van der Waals surface area contributed by atoms with Crippen LogP contribution in [0.25, 0.3) is 0 Å². The maximum atomic E-state index is 12.2. The summed E-state index contributed by atoms with van der Waals surface area (Å²) >= 11 is 5.94. The van der Waals surface area contributed by atoms with Gasteiger partial charge in [-0.2, -0.15) is 0 Å². The predicted octanol–water partition coefficient (Wildman–Crippen LogP) is 0.703. The number of rotatable bonds is 3. The largest absolute Gasteiger partial charge is 0.392 e. The van der Waals surface area contributed by atoms with Gasteiger partial charge in [0.05, 0.1) is 23.4 Å². The van der Waals surface area contributed by atoms with Gasteiger partial charge in [-0.15, -0.1) is 0 Å². The molecule has 0 aromatic heterocycles. The molecular formula is C14H18ClN3O3. The van der Waals surface area contributed by atoms with Gasteiger partial charge in [0.2, 0.25) is 5.91 Å². The first-order valence-corrected chi connectivity index (χ1v) is 7.00. The van der Waals surface area contributed by atoms with Crippen LogP contribution in [0.2, 0.25) is 5.02 Å². The molecule has 1 heterocycles. The molecule has 2 amide bonds. The van der Waals surface area contributed by atoms with Gasteiger partial charge >= 0.3 is 0 Å². The topological polar surface area (TPSA) is 81.7 Å². The van der Waals surface area contributed by atoms with Crippen molar-refractivity contribution >= 4 is 29.1 Å². The van der Waals surface area contributed by atoms with Crippen molar-refractivity contribution in [3.63, 3.8) is 0 Å². The van der Waals surface area contributed by atoms with E-state index in [4.69, 9.17) is 11.6 Å². The molecular weight excluding hydrogens is 294 g/mol. The summed E-state index contributed by atoms with van der Waals surface area (Å²) in [4.78, 5) is 25.7. The van der Waals surface area contributed by atoms with Crippen LogP contribution in [0.15, 0.2) is 18.2 Å². The number of carbonyl (C=O) groups is 2. The first kappa shape index (κ1) is 15.8. The minimum Gasteiger partial charge on any atom is -0.392 e. The summed E-state index contributed by atoms with van der Waals surface area (Å²) in [6.07, 6.45) is -0.174. The van der Waals surface area contributed by atoms with Gasteiger partial charge in [-0.05, 0) is 24.6 Å². The van der Waals surface area contributed by atoms with Gasteiger partial charge in [0.15, 0.2) is 0 Å². The summed E-state index contributed by atoms with van der Waals surface area (Å²) < 4.78 is 0. The maximum Gasteiger partial charge on any atom is 0.255 e. The highest BCUT2D eigenvalue weighted by Crippen LogP contribution is 2.23. The first-order valence-electron chi connectivity index (χ1n) is 6.62. The Morgan fingerprint density at radius 3 is 2.71 bits per heavy atom. The number of hydrogen-bond donors (Lipinski definition) is 3. The molecule has 6 nitrogen and oxygen atoms in total. The smallest absolute Gasteiger partial charge is 0.255 e. The van der Waals surface area contributed by atoms with Crippen LogP contribution in [0.1, 0.15) is 16.8 Å². The van der Waals surface area contributed by atoms with E-state index in [0.717, 1.165) is 0 Å². The Balaban J connectivity index is 2.20. The number of benzene rings is 1. The Kier molecular flexibility index (Phi) is 4.82. The number of anilines is 1. The van der Waals surface area contributed by atoms with E-state index in [9.17, 15) is 14.7 Å². The number of hydrogen-bond acceptors (Lipinski definition) is 4. The zero-order valence-corrected chi connectivity index (χ0v) is 12.6. The summed E-state index contributed by atoms with van der Waals surface area (Å²) in [6, 6.07) is 4.26. The lowest BCUT2D eigenvalue weighted by atomic mass is 10.1. The average molecular weight is 312 g/mol. The van der Waals surface area contributed by atoms with E-state index >= 15 is 0 Å². The molecule has 1 aliphatic rings. The third kappa shape index (κ3) is 3.72. The molecule has 2 rings (SSSR count). The summed E-state index contributed by atoms with van der Waals surface area (Å²) in [6.45, 7) is 0.386. The first-order chi connectivity index (χ1) is 9.88. The van der Waals surface area contributed by atoms with Crippen molar-refractivity contribution in [2.75, 3.05) is 26.0 Å². The van der Waals surface area contributed by atoms with Gasteiger partial charge < -0.3 is 20.6 Å². The zero-order valence-electron chi connectivity index (χ0n) is 11.9. The minimum absolute atomic E-state index is 0.221. The SMILES string of the molecule is CN(C)C(=O)c1ccc(Cl)cc1NC(=O)C1CC(O)CN1. The standard InChI is InChI=1S/C14H18ClN3O3/c1-18(2)14(21)10-4-3-8(15)5-11(10)17-13(20)12-6-9(19)7-16-12/h3-5,9,12,16,19H,6-7H2,1-2H3,(H,17,20). The third-order valence-electron chi connectivity index (χ3n) is 3.30. The molecule has 1 fully saturated rings. The van der Waals surface area contributed by atoms with E-state index in [1.165, 1.54) is 4.90 Å². The lowest BCUT2D eigenvalue weighted by molar-refractivity contribution is -0.117. The fourth-order valence-corrected chi connectivity index (χ4v) is 2.36. The van der Waals surface area contributed by atoms with Crippen molar-refractivity contribution < 1.29 is 14.7 Å². The van der Waals surface area contributed by atoms with E-state index in [0.29, 0.717) is 29.2 Å². The minimum atomic E-state index is -0.525. The molecule has 114 valence electrons. The van der Waals surface area contributed by atoms with Crippen molar-refractivity contribution in [3.05, 3.63) is 28.8 Å². The van der Waals surface area contributed by atoms with Gasteiger partial charge in [-0.3, -0.25) is 9.59 Å². The van der Waals surface area contributed by atoms with Crippen LogP contribution >= 0.6 is 11.6 Å². The van der Waals surface area contributed by atoms with Crippen LogP contribution in [0.4, 0.5) is 5.69 Å². The van der Waals surface area contributed by atoms with Crippen LogP contribution in [-0.2, 0) is 4.79 Å². The summed E-state index contributed by atoms with van der Waals surface area (Å²) in [5.41, 5.74) is 0.741. The number of nitrogens with zero attached hydrogens (tertiary/aromatic N) is 1. The van der Waals surface area contributed by atoms with Crippen molar-refractivity contribution in [2.45, 2.75) is 18.6 Å². The molecule has 0 bridgehead atoms. The highest BCUT2D eigenvalue weighted by molar-refractivity contribution is 6.31. The van der Waals surface area contributed by atoms with Crippen LogP contribution in [0.3, 0.4) is 0 Å². The Labute approximate surface area is 128 Å². The molecule has 0 spiro atoms. The highest BCUT2D eigenvalue weighted by Gasteiger charge is 2.28. The highest BCUT2D eigenvalue weighted by atomic mass is 35.5. The fraction of sp³-hybridized carbons (Fsp3) is 0.429. The summed E-state index contributed by atoms with van der Waals surface area (Å²) in [5, 5.41) is 15.5. The lowest BCUT2D eigenvalue weighted by Gasteiger charge is -2.17. The summed E-state index contributed by atoms with van der Waals surface area (Å²) in [7, 11) is 3.27. The molecule has 7 heteroatoms. The molecule has 0 saturated carbocycles. The van der Waals surface area contributed by atoms with Gasteiger partial charge in [0, 0.05) is 25.7 Å². The number of halogens is 1. The second-order valence-electron chi connectivity index (χ2n) is 5.23. The summed E-state index contributed by atoms with van der Waals surface area (Å²) in [5.74, 6) is -0.511. The van der Waals surface area contributed by atoms with Gasteiger partial charge in [-0.25, -0.2) is 0 Å². The van der Waals surface area contributed by atoms with Gasteiger partial charge in [-0.1, -0.05) is 11.6 Å². The van der Waals surface area contributed by atoms with Gasteiger partial charge in [0.1, 0.15) is 0 Å². The third-order valence-corrected chi connectivity index (χ3v) is 3.54. The van der Waals surface area contributed by atoms with E-state index < -0.39 is 12.1 Å². The molecule has 21 heavy (non-hydrogen) atoms. The van der Waals surface area contributed by atoms with Crippen LogP contribution in [0.5, 0.6) is 0 Å². The Morgan fingerprint density at radius 2 is 2.14 bits per heavy atom. The lowest BCUT2D eigenvalue weighted by Crippen LogP contribution is -2.36.